The number of anilines is 3. The number of carbonyl (C=O) groups is 2. The van der Waals surface area contributed by atoms with Crippen LogP contribution in [0.3, 0.4) is 0 Å². The monoisotopic (exact) mass is 369 g/mol. The molecule has 0 unspecified atom stereocenters. The predicted octanol–water partition coefficient (Wildman–Crippen LogP) is 3.86. The van der Waals surface area contributed by atoms with Gasteiger partial charge in [0.25, 0.3) is 0 Å². The Bertz CT molecular complexity index is 820. The van der Waals surface area contributed by atoms with E-state index in [0.717, 1.165) is 25.1 Å². The fourth-order valence-electron chi connectivity index (χ4n) is 2.99. The van der Waals surface area contributed by atoms with E-state index in [9.17, 15) is 9.59 Å². The zero-order chi connectivity index (χ0) is 19.2. The van der Waals surface area contributed by atoms with E-state index < -0.39 is 0 Å². The number of ether oxygens (including phenoxy) is 2. The summed E-state index contributed by atoms with van der Waals surface area (Å²) in [7, 11) is 3.09. The Morgan fingerprint density at radius 2 is 1.78 bits per heavy atom. The molecule has 0 aliphatic carbocycles. The minimum Gasteiger partial charge on any atom is -0.497 e. The Labute approximate surface area is 158 Å². The fraction of sp³-hybridized carbons (Fsp3) is 0.300. The predicted molar refractivity (Wildman–Crippen MR) is 105 cm³/mol. The molecule has 1 aliphatic rings. The number of benzene rings is 2. The van der Waals surface area contributed by atoms with E-state index >= 15 is 0 Å². The Morgan fingerprint density at radius 1 is 1.00 bits per heavy atom. The molecule has 0 atom stereocenters. The first-order valence-corrected chi connectivity index (χ1v) is 8.81. The summed E-state index contributed by atoms with van der Waals surface area (Å²) < 4.78 is 10.4. The molecular formula is C20H23N3O4. The molecule has 0 spiro atoms. The standard InChI is InChI=1S/C20H23N3O4/c1-26-16-10-11-17(18(13-16)27-2)22-20(25)21-14-6-8-15(9-7-14)23-12-4-3-5-19(23)24/h6-11,13H,3-5,12H2,1-2H3,(H2,21,22,25). The summed E-state index contributed by atoms with van der Waals surface area (Å²) in [5.74, 6) is 1.29. The first kappa shape index (κ1) is 18.6. The van der Waals surface area contributed by atoms with Crippen LogP contribution in [0.15, 0.2) is 42.5 Å². The first-order chi connectivity index (χ1) is 13.1. The topological polar surface area (TPSA) is 79.9 Å². The molecule has 0 bridgehead atoms. The molecule has 7 heteroatoms. The Morgan fingerprint density at radius 3 is 2.44 bits per heavy atom. The van der Waals surface area contributed by atoms with Crippen molar-refractivity contribution < 1.29 is 19.1 Å². The number of hydrogen-bond acceptors (Lipinski definition) is 4. The number of carbonyl (C=O) groups excluding carboxylic acids is 2. The number of piperidine rings is 1. The normalized spacial score (nSPS) is 13.9. The largest absolute Gasteiger partial charge is 0.497 e. The van der Waals surface area contributed by atoms with Gasteiger partial charge in [-0.3, -0.25) is 4.79 Å². The molecule has 3 rings (SSSR count). The second kappa shape index (κ2) is 8.44. The quantitative estimate of drug-likeness (QED) is 0.839. The van der Waals surface area contributed by atoms with Crippen LogP contribution in [-0.2, 0) is 4.79 Å². The van der Waals surface area contributed by atoms with Crippen molar-refractivity contribution in [2.24, 2.45) is 0 Å². The molecule has 1 saturated heterocycles. The highest BCUT2D eigenvalue weighted by Gasteiger charge is 2.19. The average Bonchev–Trinajstić information content (AvgIpc) is 2.69. The minimum absolute atomic E-state index is 0.145. The van der Waals surface area contributed by atoms with Crippen molar-refractivity contribution in [3.8, 4) is 11.5 Å². The Hall–Kier alpha value is -3.22. The lowest BCUT2D eigenvalue weighted by Gasteiger charge is -2.26. The average molecular weight is 369 g/mol. The van der Waals surface area contributed by atoms with Gasteiger partial charge >= 0.3 is 6.03 Å². The fourth-order valence-corrected chi connectivity index (χ4v) is 2.99. The van der Waals surface area contributed by atoms with Gasteiger partial charge in [-0.1, -0.05) is 0 Å². The highest BCUT2D eigenvalue weighted by atomic mass is 16.5. The van der Waals surface area contributed by atoms with Crippen molar-refractivity contribution in [2.45, 2.75) is 19.3 Å². The van der Waals surface area contributed by atoms with Gasteiger partial charge in [0.05, 0.1) is 19.9 Å². The molecule has 2 aromatic carbocycles. The number of methoxy groups -OCH3 is 2. The second-order valence-corrected chi connectivity index (χ2v) is 6.19. The van der Waals surface area contributed by atoms with Gasteiger partial charge in [-0.2, -0.15) is 0 Å². The van der Waals surface area contributed by atoms with Crippen LogP contribution >= 0.6 is 0 Å². The van der Waals surface area contributed by atoms with Crippen LogP contribution in [0, 0.1) is 0 Å². The Kier molecular flexibility index (Phi) is 5.80. The van der Waals surface area contributed by atoms with Gasteiger partial charge < -0.3 is 25.0 Å². The van der Waals surface area contributed by atoms with Crippen LogP contribution in [0.1, 0.15) is 19.3 Å². The third-order valence-corrected chi connectivity index (χ3v) is 4.42. The Balaban J connectivity index is 1.63. The molecule has 0 saturated carbocycles. The SMILES string of the molecule is COc1ccc(NC(=O)Nc2ccc(N3CCCCC3=O)cc2)c(OC)c1. The number of nitrogens with one attached hydrogen (secondary N) is 2. The molecule has 1 fully saturated rings. The third kappa shape index (κ3) is 4.49. The van der Waals surface area contributed by atoms with Crippen LogP contribution in [0.5, 0.6) is 11.5 Å². The zero-order valence-corrected chi connectivity index (χ0v) is 15.5. The molecule has 142 valence electrons. The highest BCUT2D eigenvalue weighted by Crippen LogP contribution is 2.29. The van der Waals surface area contributed by atoms with Gasteiger partial charge in [0, 0.05) is 30.4 Å². The number of amides is 3. The van der Waals surface area contributed by atoms with Crippen molar-refractivity contribution >= 4 is 29.0 Å². The molecule has 2 aromatic rings. The van der Waals surface area contributed by atoms with Gasteiger partial charge in [0.15, 0.2) is 0 Å². The molecule has 0 aromatic heterocycles. The van der Waals surface area contributed by atoms with Crippen LogP contribution in [0.25, 0.3) is 0 Å². The van der Waals surface area contributed by atoms with E-state index in [1.54, 1.807) is 42.3 Å². The highest BCUT2D eigenvalue weighted by molar-refractivity contribution is 6.01. The number of nitrogens with zero attached hydrogens (tertiary/aromatic N) is 1. The number of hydrogen-bond donors (Lipinski definition) is 2. The van der Waals surface area contributed by atoms with E-state index in [-0.39, 0.29) is 11.9 Å². The molecule has 2 N–H and O–H groups in total. The van der Waals surface area contributed by atoms with E-state index in [1.807, 2.05) is 12.1 Å². The van der Waals surface area contributed by atoms with Gasteiger partial charge in [-0.25, -0.2) is 4.79 Å². The summed E-state index contributed by atoms with van der Waals surface area (Å²) in [4.78, 5) is 26.0. The zero-order valence-electron chi connectivity index (χ0n) is 15.5. The first-order valence-electron chi connectivity index (χ1n) is 8.81. The summed E-state index contributed by atoms with van der Waals surface area (Å²) in [6.45, 7) is 0.739. The smallest absolute Gasteiger partial charge is 0.323 e. The van der Waals surface area contributed by atoms with Crippen LogP contribution in [-0.4, -0.2) is 32.7 Å². The minimum atomic E-state index is -0.389. The van der Waals surface area contributed by atoms with Gasteiger partial charge in [-0.15, -0.1) is 0 Å². The maximum Gasteiger partial charge on any atom is 0.323 e. The van der Waals surface area contributed by atoms with E-state index in [0.29, 0.717) is 29.3 Å². The molecule has 27 heavy (non-hydrogen) atoms. The van der Waals surface area contributed by atoms with Crippen molar-refractivity contribution in [3.63, 3.8) is 0 Å². The van der Waals surface area contributed by atoms with E-state index in [4.69, 9.17) is 9.47 Å². The molecule has 3 amide bonds. The third-order valence-electron chi connectivity index (χ3n) is 4.42. The van der Waals surface area contributed by atoms with Crippen LogP contribution < -0.4 is 25.0 Å². The summed E-state index contributed by atoms with van der Waals surface area (Å²) >= 11 is 0. The van der Waals surface area contributed by atoms with Gasteiger partial charge in [0.1, 0.15) is 11.5 Å². The van der Waals surface area contributed by atoms with Gasteiger partial charge in [-0.05, 0) is 49.2 Å². The number of urea groups is 1. The number of rotatable bonds is 5. The lowest BCUT2D eigenvalue weighted by molar-refractivity contribution is -0.119. The van der Waals surface area contributed by atoms with Crippen molar-refractivity contribution in [1.29, 1.82) is 0 Å². The maximum atomic E-state index is 12.3. The second-order valence-electron chi connectivity index (χ2n) is 6.19. The summed E-state index contributed by atoms with van der Waals surface area (Å²) in [6.07, 6.45) is 2.55. The molecule has 7 nitrogen and oxygen atoms in total. The van der Waals surface area contributed by atoms with Gasteiger partial charge in [0.2, 0.25) is 5.91 Å². The lowest BCUT2D eigenvalue weighted by atomic mass is 10.1. The van der Waals surface area contributed by atoms with E-state index in [1.165, 1.54) is 7.11 Å². The summed E-state index contributed by atoms with van der Waals surface area (Å²) in [5, 5.41) is 5.52. The van der Waals surface area contributed by atoms with Crippen LogP contribution in [0.2, 0.25) is 0 Å². The molecule has 1 heterocycles. The molecule has 0 radical (unpaired) electrons. The maximum absolute atomic E-state index is 12.3. The van der Waals surface area contributed by atoms with Crippen molar-refractivity contribution in [1.82, 2.24) is 0 Å². The summed E-state index contributed by atoms with van der Waals surface area (Å²) in [5.41, 5.74) is 2.02. The van der Waals surface area contributed by atoms with Crippen molar-refractivity contribution in [2.75, 3.05) is 36.3 Å². The van der Waals surface area contributed by atoms with Crippen molar-refractivity contribution in [3.05, 3.63) is 42.5 Å². The van der Waals surface area contributed by atoms with E-state index in [2.05, 4.69) is 10.6 Å². The van der Waals surface area contributed by atoms with Crippen LogP contribution in [0.4, 0.5) is 21.9 Å². The lowest BCUT2D eigenvalue weighted by Crippen LogP contribution is -2.35. The molecule has 1 aliphatic heterocycles. The summed E-state index contributed by atoms with van der Waals surface area (Å²) in [6, 6.07) is 12.0. The molecular weight excluding hydrogens is 346 g/mol.